The van der Waals surface area contributed by atoms with Crippen LogP contribution in [-0.2, 0) is 6.42 Å². The van der Waals surface area contributed by atoms with E-state index in [4.69, 9.17) is 0 Å². The zero-order chi connectivity index (χ0) is 15.3. The van der Waals surface area contributed by atoms with Crippen molar-refractivity contribution in [3.05, 3.63) is 29.8 Å². The third-order valence-electron chi connectivity index (χ3n) is 4.79. The monoisotopic (exact) mass is 290 g/mol. The third-order valence-corrected chi connectivity index (χ3v) is 4.79. The molecular formula is C18H30N2O. The van der Waals surface area contributed by atoms with E-state index in [-0.39, 0.29) is 5.54 Å². The third kappa shape index (κ3) is 4.21. The highest BCUT2D eigenvalue weighted by Gasteiger charge is 2.36. The second-order valence-corrected chi connectivity index (χ2v) is 6.73. The van der Waals surface area contributed by atoms with E-state index >= 15 is 0 Å². The van der Waals surface area contributed by atoms with Crippen LogP contribution in [0.25, 0.3) is 0 Å². The average Bonchev–Trinajstić information content (AvgIpc) is 3.00. The molecule has 0 radical (unpaired) electrons. The molecule has 1 aromatic rings. The minimum atomic E-state index is 0.156. The molecule has 1 saturated heterocycles. The summed E-state index contributed by atoms with van der Waals surface area (Å²) in [5, 5.41) is 13.2. The van der Waals surface area contributed by atoms with Crippen molar-refractivity contribution < 1.29 is 5.11 Å². The summed E-state index contributed by atoms with van der Waals surface area (Å²) in [7, 11) is 0. The van der Waals surface area contributed by atoms with Crippen molar-refractivity contribution in [1.82, 2.24) is 10.2 Å². The van der Waals surface area contributed by atoms with Crippen molar-refractivity contribution in [2.24, 2.45) is 0 Å². The summed E-state index contributed by atoms with van der Waals surface area (Å²) < 4.78 is 0. The van der Waals surface area contributed by atoms with E-state index in [1.807, 2.05) is 12.1 Å². The van der Waals surface area contributed by atoms with Crippen LogP contribution in [0.15, 0.2) is 24.3 Å². The molecule has 3 heteroatoms. The van der Waals surface area contributed by atoms with Crippen LogP contribution in [0.1, 0.15) is 45.6 Å². The maximum absolute atomic E-state index is 9.44. The van der Waals surface area contributed by atoms with Crippen LogP contribution in [0.2, 0.25) is 0 Å². The number of aromatic hydroxyl groups is 1. The predicted molar refractivity (Wildman–Crippen MR) is 88.8 cm³/mol. The Kier molecular flexibility index (Phi) is 5.65. The quantitative estimate of drug-likeness (QED) is 0.809. The molecule has 3 nitrogen and oxygen atoms in total. The summed E-state index contributed by atoms with van der Waals surface area (Å²) >= 11 is 0. The van der Waals surface area contributed by atoms with Crippen molar-refractivity contribution in [2.45, 2.75) is 58.0 Å². The first-order valence-electron chi connectivity index (χ1n) is 8.30. The van der Waals surface area contributed by atoms with Crippen LogP contribution >= 0.6 is 0 Å². The van der Waals surface area contributed by atoms with Gasteiger partial charge in [-0.2, -0.15) is 0 Å². The summed E-state index contributed by atoms with van der Waals surface area (Å²) in [6, 6.07) is 8.08. The molecule has 2 N–H and O–H groups in total. The first kappa shape index (κ1) is 16.3. The van der Waals surface area contributed by atoms with Gasteiger partial charge in [0.2, 0.25) is 0 Å². The first-order chi connectivity index (χ1) is 10.0. The van der Waals surface area contributed by atoms with Gasteiger partial charge in [0.05, 0.1) is 0 Å². The molecule has 0 aliphatic carbocycles. The molecule has 21 heavy (non-hydrogen) atoms. The van der Waals surface area contributed by atoms with E-state index in [0.29, 0.717) is 11.8 Å². The lowest BCUT2D eigenvalue weighted by atomic mass is 9.87. The van der Waals surface area contributed by atoms with Gasteiger partial charge in [-0.05, 0) is 76.9 Å². The molecule has 1 atom stereocenters. The van der Waals surface area contributed by atoms with E-state index in [0.717, 1.165) is 19.4 Å². The van der Waals surface area contributed by atoms with E-state index in [2.05, 4.69) is 31.0 Å². The highest BCUT2D eigenvalue weighted by Crippen LogP contribution is 2.26. The standard InChI is InChI=1S/C18H30N2O/c1-4-11-19-17(14-15-7-9-16(21)10-8-15)18(2,3)20-12-5-6-13-20/h7-10,17,19,21H,4-6,11-14H2,1-3H3. The van der Waals surface area contributed by atoms with Crippen molar-refractivity contribution in [2.75, 3.05) is 19.6 Å². The van der Waals surface area contributed by atoms with Crippen LogP contribution in [0.4, 0.5) is 0 Å². The van der Waals surface area contributed by atoms with Gasteiger partial charge in [0.25, 0.3) is 0 Å². The highest BCUT2D eigenvalue weighted by molar-refractivity contribution is 5.27. The van der Waals surface area contributed by atoms with Gasteiger partial charge < -0.3 is 10.4 Å². The Morgan fingerprint density at radius 3 is 2.38 bits per heavy atom. The SMILES string of the molecule is CCCNC(Cc1ccc(O)cc1)C(C)(C)N1CCCC1. The minimum absolute atomic E-state index is 0.156. The number of hydrogen-bond acceptors (Lipinski definition) is 3. The summed E-state index contributed by atoms with van der Waals surface area (Å²) in [5.41, 5.74) is 1.44. The number of phenolic OH excluding ortho intramolecular Hbond substituents is 1. The minimum Gasteiger partial charge on any atom is -0.508 e. The number of rotatable bonds is 7. The van der Waals surface area contributed by atoms with E-state index in [9.17, 15) is 5.11 Å². The Labute approximate surface area is 129 Å². The normalized spacial score (nSPS) is 18.0. The molecule has 1 aromatic carbocycles. The highest BCUT2D eigenvalue weighted by atomic mass is 16.3. The molecule has 1 heterocycles. The average molecular weight is 290 g/mol. The number of nitrogens with one attached hydrogen (secondary N) is 1. The van der Waals surface area contributed by atoms with Crippen LogP contribution in [0.3, 0.4) is 0 Å². The number of hydrogen-bond donors (Lipinski definition) is 2. The summed E-state index contributed by atoms with van der Waals surface area (Å²) in [6.45, 7) is 10.4. The Hall–Kier alpha value is -1.06. The molecule has 0 bridgehead atoms. The van der Waals surface area contributed by atoms with Gasteiger partial charge in [-0.25, -0.2) is 0 Å². The molecule has 0 amide bonds. The molecule has 1 fully saturated rings. The largest absolute Gasteiger partial charge is 0.508 e. The Morgan fingerprint density at radius 2 is 1.81 bits per heavy atom. The van der Waals surface area contributed by atoms with Crippen LogP contribution in [0.5, 0.6) is 5.75 Å². The van der Waals surface area contributed by atoms with Crippen molar-refractivity contribution >= 4 is 0 Å². The number of benzene rings is 1. The molecule has 118 valence electrons. The van der Waals surface area contributed by atoms with E-state index in [1.54, 1.807) is 12.1 Å². The predicted octanol–water partition coefficient (Wildman–Crippen LogP) is 3.18. The van der Waals surface area contributed by atoms with Crippen LogP contribution in [-0.4, -0.2) is 41.2 Å². The zero-order valence-electron chi connectivity index (χ0n) is 13.7. The van der Waals surface area contributed by atoms with Gasteiger partial charge in [-0.15, -0.1) is 0 Å². The maximum Gasteiger partial charge on any atom is 0.115 e. The molecule has 1 aliphatic rings. The topological polar surface area (TPSA) is 35.5 Å². The maximum atomic E-state index is 9.44. The van der Waals surface area contributed by atoms with Crippen molar-refractivity contribution in [3.63, 3.8) is 0 Å². The lowest BCUT2D eigenvalue weighted by molar-refractivity contribution is 0.106. The lowest BCUT2D eigenvalue weighted by Gasteiger charge is -2.43. The molecular weight excluding hydrogens is 260 g/mol. The van der Waals surface area contributed by atoms with Gasteiger partial charge in [-0.3, -0.25) is 4.90 Å². The Balaban J connectivity index is 2.10. The number of nitrogens with zero attached hydrogens (tertiary/aromatic N) is 1. The molecule has 0 aromatic heterocycles. The lowest BCUT2D eigenvalue weighted by Crippen LogP contribution is -2.58. The van der Waals surface area contributed by atoms with Crippen molar-refractivity contribution in [3.8, 4) is 5.75 Å². The smallest absolute Gasteiger partial charge is 0.115 e. The van der Waals surface area contributed by atoms with Gasteiger partial charge in [-0.1, -0.05) is 19.1 Å². The van der Waals surface area contributed by atoms with Gasteiger partial charge in [0.1, 0.15) is 5.75 Å². The van der Waals surface area contributed by atoms with Gasteiger partial charge >= 0.3 is 0 Å². The van der Waals surface area contributed by atoms with Crippen LogP contribution < -0.4 is 5.32 Å². The summed E-state index contributed by atoms with van der Waals surface area (Å²) in [5.74, 6) is 0.343. The molecule has 2 rings (SSSR count). The fourth-order valence-electron chi connectivity index (χ4n) is 3.27. The van der Waals surface area contributed by atoms with E-state index in [1.165, 1.54) is 31.5 Å². The Bertz CT molecular complexity index is 421. The Morgan fingerprint density at radius 1 is 1.19 bits per heavy atom. The zero-order valence-corrected chi connectivity index (χ0v) is 13.7. The number of likely N-dealkylation sites (tertiary alicyclic amines) is 1. The first-order valence-corrected chi connectivity index (χ1v) is 8.30. The molecule has 0 spiro atoms. The second-order valence-electron chi connectivity index (χ2n) is 6.73. The summed E-state index contributed by atoms with van der Waals surface area (Å²) in [4.78, 5) is 2.63. The van der Waals surface area contributed by atoms with Crippen molar-refractivity contribution in [1.29, 1.82) is 0 Å². The molecule has 1 unspecified atom stereocenters. The van der Waals surface area contributed by atoms with Crippen LogP contribution in [0, 0.1) is 0 Å². The second kappa shape index (κ2) is 7.28. The van der Waals surface area contributed by atoms with E-state index < -0.39 is 0 Å². The van der Waals surface area contributed by atoms with Gasteiger partial charge in [0.15, 0.2) is 0 Å². The molecule has 0 saturated carbocycles. The fourth-order valence-corrected chi connectivity index (χ4v) is 3.27. The summed E-state index contributed by atoms with van der Waals surface area (Å²) in [6.07, 6.45) is 4.80. The number of phenols is 1. The molecule has 1 aliphatic heterocycles. The fraction of sp³-hybridized carbons (Fsp3) is 0.667. The van der Waals surface area contributed by atoms with Gasteiger partial charge in [0, 0.05) is 11.6 Å².